The van der Waals surface area contributed by atoms with Crippen LogP contribution in [-0.4, -0.2) is 27.7 Å². The molecule has 0 aliphatic heterocycles. The molecule has 0 radical (unpaired) electrons. The average Bonchev–Trinajstić information content (AvgIpc) is 2.68. The third-order valence-corrected chi connectivity index (χ3v) is 2.60. The Bertz CT molecular complexity index is 469. The molecule has 0 aliphatic rings. The summed E-state index contributed by atoms with van der Waals surface area (Å²) in [5.41, 5.74) is 1.76. The second-order valence-electron chi connectivity index (χ2n) is 3.36. The lowest BCUT2D eigenvalue weighted by molar-refractivity contribution is 0.139. The van der Waals surface area contributed by atoms with Gasteiger partial charge in [0.2, 0.25) is 0 Å². The number of halogens is 1. The summed E-state index contributed by atoms with van der Waals surface area (Å²) < 4.78 is 7.35. The molecule has 86 valence electrons. The van der Waals surface area contributed by atoms with E-state index in [2.05, 4.69) is 9.97 Å². The summed E-state index contributed by atoms with van der Waals surface area (Å²) in [7, 11) is 0. The molecule has 0 amide bonds. The highest BCUT2D eigenvalue weighted by atomic mass is 35.5. The van der Waals surface area contributed by atoms with Crippen LogP contribution in [-0.2, 0) is 17.2 Å². The van der Waals surface area contributed by atoms with Gasteiger partial charge in [0.15, 0.2) is 5.65 Å². The standard InChI is InChI=1S/C11H14ClN3O/c1-2-16-7-6-15-10(8-12)14-9-4-3-5-13-11(9)15/h3-5H,2,6-8H2,1H3. The Morgan fingerprint density at radius 1 is 1.50 bits per heavy atom. The maximum absolute atomic E-state index is 5.86. The smallest absolute Gasteiger partial charge is 0.160 e. The van der Waals surface area contributed by atoms with Gasteiger partial charge in [0.05, 0.1) is 12.5 Å². The molecule has 2 heterocycles. The van der Waals surface area contributed by atoms with Crippen molar-refractivity contribution in [2.24, 2.45) is 0 Å². The van der Waals surface area contributed by atoms with Crippen molar-refractivity contribution >= 4 is 22.8 Å². The number of aromatic nitrogens is 3. The van der Waals surface area contributed by atoms with Crippen LogP contribution >= 0.6 is 11.6 Å². The van der Waals surface area contributed by atoms with Gasteiger partial charge in [-0.2, -0.15) is 0 Å². The molecule has 16 heavy (non-hydrogen) atoms. The Kier molecular flexibility index (Phi) is 3.74. The van der Waals surface area contributed by atoms with Crippen molar-refractivity contribution in [2.45, 2.75) is 19.3 Å². The summed E-state index contributed by atoms with van der Waals surface area (Å²) in [6.07, 6.45) is 1.76. The number of hydrogen-bond donors (Lipinski definition) is 0. The zero-order valence-electron chi connectivity index (χ0n) is 9.19. The van der Waals surface area contributed by atoms with Gasteiger partial charge >= 0.3 is 0 Å². The Morgan fingerprint density at radius 3 is 3.12 bits per heavy atom. The minimum Gasteiger partial charge on any atom is -0.380 e. The molecule has 4 nitrogen and oxygen atoms in total. The summed E-state index contributed by atoms with van der Waals surface area (Å²) in [5.74, 6) is 1.23. The Labute approximate surface area is 99.2 Å². The lowest BCUT2D eigenvalue weighted by Gasteiger charge is -2.06. The minimum absolute atomic E-state index is 0.391. The van der Waals surface area contributed by atoms with E-state index in [4.69, 9.17) is 16.3 Å². The number of nitrogens with zero attached hydrogens (tertiary/aromatic N) is 3. The van der Waals surface area contributed by atoms with Gasteiger partial charge in [0.1, 0.15) is 11.3 Å². The summed E-state index contributed by atoms with van der Waals surface area (Å²) >= 11 is 5.86. The zero-order chi connectivity index (χ0) is 11.4. The second kappa shape index (κ2) is 5.27. The van der Waals surface area contributed by atoms with Crippen LogP contribution in [0.4, 0.5) is 0 Å². The van der Waals surface area contributed by atoms with Crippen LogP contribution in [0.3, 0.4) is 0 Å². The predicted octanol–water partition coefficient (Wildman–Crippen LogP) is 2.21. The second-order valence-corrected chi connectivity index (χ2v) is 3.62. The Hall–Kier alpha value is -1.13. The lowest BCUT2D eigenvalue weighted by Crippen LogP contribution is -2.09. The normalized spacial score (nSPS) is 11.1. The quantitative estimate of drug-likeness (QED) is 0.593. The predicted molar refractivity (Wildman–Crippen MR) is 63.6 cm³/mol. The third kappa shape index (κ3) is 2.18. The maximum atomic E-state index is 5.86. The topological polar surface area (TPSA) is 39.9 Å². The summed E-state index contributed by atoms with van der Waals surface area (Å²) in [6.45, 7) is 4.09. The monoisotopic (exact) mass is 239 g/mol. The van der Waals surface area contributed by atoms with Gasteiger partial charge < -0.3 is 9.30 Å². The van der Waals surface area contributed by atoms with Gasteiger partial charge in [0, 0.05) is 19.3 Å². The van der Waals surface area contributed by atoms with E-state index in [9.17, 15) is 0 Å². The highest BCUT2D eigenvalue weighted by Gasteiger charge is 2.09. The SMILES string of the molecule is CCOCCn1c(CCl)nc2cccnc21. The van der Waals surface area contributed by atoms with Crippen LogP contribution in [0.5, 0.6) is 0 Å². The summed E-state index contributed by atoms with van der Waals surface area (Å²) in [5, 5.41) is 0. The molecule has 0 bridgehead atoms. The van der Waals surface area contributed by atoms with Crippen molar-refractivity contribution in [3.63, 3.8) is 0 Å². The van der Waals surface area contributed by atoms with Crippen LogP contribution in [0.15, 0.2) is 18.3 Å². The molecule has 2 aromatic heterocycles. The lowest BCUT2D eigenvalue weighted by atomic mass is 10.4. The molecule has 2 aromatic rings. The van der Waals surface area contributed by atoms with E-state index in [0.29, 0.717) is 12.5 Å². The third-order valence-electron chi connectivity index (χ3n) is 2.37. The molecule has 2 rings (SSSR count). The molecule has 0 spiro atoms. The average molecular weight is 240 g/mol. The maximum Gasteiger partial charge on any atom is 0.160 e. The number of pyridine rings is 1. The van der Waals surface area contributed by atoms with Crippen molar-refractivity contribution in [3.8, 4) is 0 Å². The van der Waals surface area contributed by atoms with Crippen LogP contribution in [0.1, 0.15) is 12.7 Å². The van der Waals surface area contributed by atoms with E-state index < -0.39 is 0 Å². The first-order valence-corrected chi connectivity index (χ1v) is 5.84. The fourth-order valence-corrected chi connectivity index (χ4v) is 1.85. The van der Waals surface area contributed by atoms with Gasteiger partial charge in [-0.3, -0.25) is 0 Å². The largest absolute Gasteiger partial charge is 0.380 e. The van der Waals surface area contributed by atoms with E-state index in [1.54, 1.807) is 6.20 Å². The molecular weight excluding hydrogens is 226 g/mol. The van der Waals surface area contributed by atoms with Crippen molar-refractivity contribution in [1.29, 1.82) is 0 Å². The number of imidazole rings is 1. The van der Waals surface area contributed by atoms with Gasteiger partial charge in [-0.15, -0.1) is 11.6 Å². The van der Waals surface area contributed by atoms with E-state index in [1.807, 2.05) is 23.6 Å². The fourth-order valence-electron chi connectivity index (χ4n) is 1.64. The molecule has 0 atom stereocenters. The number of hydrogen-bond acceptors (Lipinski definition) is 3. The highest BCUT2D eigenvalue weighted by molar-refractivity contribution is 6.16. The van der Waals surface area contributed by atoms with Gasteiger partial charge in [-0.25, -0.2) is 9.97 Å². The highest BCUT2D eigenvalue weighted by Crippen LogP contribution is 2.14. The number of fused-ring (bicyclic) bond motifs is 1. The molecule has 0 fully saturated rings. The van der Waals surface area contributed by atoms with Gasteiger partial charge in [-0.05, 0) is 19.1 Å². The van der Waals surface area contributed by atoms with Crippen LogP contribution in [0.2, 0.25) is 0 Å². The van der Waals surface area contributed by atoms with E-state index >= 15 is 0 Å². The minimum atomic E-state index is 0.391. The Morgan fingerprint density at radius 2 is 2.38 bits per heavy atom. The number of alkyl halides is 1. The summed E-state index contributed by atoms with van der Waals surface area (Å²) in [4.78, 5) is 8.74. The molecule has 0 N–H and O–H groups in total. The fraction of sp³-hybridized carbons (Fsp3) is 0.455. The van der Waals surface area contributed by atoms with Crippen LogP contribution < -0.4 is 0 Å². The first kappa shape index (κ1) is 11.4. The molecule has 0 aromatic carbocycles. The van der Waals surface area contributed by atoms with Gasteiger partial charge in [0.25, 0.3) is 0 Å². The van der Waals surface area contributed by atoms with Crippen molar-refractivity contribution in [2.75, 3.05) is 13.2 Å². The van der Waals surface area contributed by atoms with Crippen molar-refractivity contribution in [1.82, 2.24) is 14.5 Å². The number of ether oxygens (including phenoxy) is 1. The van der Waals surface area contributed by atoms with E-state index in [-0.39, 0.29) is 0 Å². The van der Waals surface area contributed by atoms with E-state index in [0.717, 1.165) is 30.1 Å². The van der Waals surface area contributed by atoms with Crippen molar-refractivity contribution in [3.05, 3.63) is 24.2 Å². The Balaban J connectivity index is 2.32. The molecule has 5 heteroatoms. The molecule has 0 saturated carbocycles. The molecule has 0 saturated heterocycles. The van der Waals surface area contributed by atoms with Crippen molar-refractivity contribution < 1.29 is 4.74 Å². The first-order chi connectivity index (χ1) is 7.86. The molecular formula is C11H14ClN3O. The zero-order valence-corrected chi connectivity index (χ0v) is 9.94. The van der Waals surface area contributed by atoms with Gasteiger partial charge in [-0.1, -0.05) is 0 Å². The summed E-state index contributed by atoms with van der Waals surface area (Å²) in [6, 6.07) is 3.82. The van der Waals surface area contributed by atoms with E-state index in [1.165, 1.54) is 0 Å². The molecule has 0 unspecified atom stereocenters. The molecule has 0 aliphatic carbocycles. The van der Waals surface area contributed by atoms with Crippen LogP contribution in [0, 0.1) is 0 Å². The first-order valence-electron chi connectivity index (χ1n) is 5.30. The van der Waals surface area contributed by atoms with Crippen LogP contribution in [0.25, 0.3) is 11.2 Å². The number of rotatable bonds is 5.